The molecular weight excluding hydrogens is 359 g/mol. The first-order valence-electron chi connectivity index (χ1n) is 2.86. The van der Waals surface area contributed by atoms with Crippen LogP contribution in [0.5, 0.6) is 0 Å². The van der Waals surface area contributed by atoms with E-state index in [0.717, 1.165) is 0 Å². The third-order valence-electron chi connectivity index (χ3n) is 0.183. The molecule has 0 aromatic heterocycles. The van der Waals surface area contributed by atoms with Crippen LogP contribution in [0.15, 0.2) is 0 Å². The van der Waals surface area contributed by atoms with Gasteiger partial charge < -0.3 is 22.1 Å². The average molecular weight is 373 g/mol. The summed E-state index contributed by atoms with van der Waals surface area (Å²) in [5.74, 6) is -3.65. The van der Waals surface area contributed by atoms with Gasteiger partial charge in [0.15, 0.2) is 0 Å². The standard InChI is InChI=1S/C4H10N.C2H2O4.H2N.Pt/c1-4(2,3)5;3-1(4)2(5)6;;/h5H,1-3H3;(H,3,4)(H,5,6);1H2;/q-1;;-1;+2. The van der Waals surface area contributed by atoms with Crippen LogP contribution in [0.3, 0.4) is 0 Å². The SMILES string of the molecule is CC(C)(C)[NH-].O=C(O)C(=O)O.[NH2-].[Pt+2]. The first kappa shape index (κ1) is 22.9. The van der Waals surface area contributed by atoms with E-state index in [1.807, 2.05) is 20.8 Å². The van der Waals surface area contributed by atoms with Crippen LogP contribution < -0.4 is 0 Å². The second-order valence-electron chi connectivity index (χ2n) is 2.86. The van der Waals surface area contributed by atoms with Gasteiger partial charge in [-0.1, -0.05) is 20.8 Å². The molecule has 0 aromatic rings. The van der Waals surface area contributed by atoms with E-state index >= 15 is 0 Å². The van der Waals surface area contributed by atoms with Gasteiger partial charge in [-0.3, -0.25) is 0 Å². The third-order valence-corrected chi connectivity index (χ3v) is 0.183. The molecule has 0 aliphatic carbocycles. The van der Waals surface area contributed by atoms with E-state index in [1.54, 1.807) is 0 Å². The zero-order chi connectivity index (χ0) is 9.65. The van der Waals surface area contributed by atoms with E-state index in [9.17, 15) is 0 Å². The van der Waals surface area contributed by atoms with Crippen LogP contribution in [0.25, 0.3) is 11.9 Å². The van der Waals surface area contributed by atoms with Gasteiger partial charge in [0.1, 0.15) is 0 Å². The molecule has 0 saturated heterocycles. The molecule has 0 rings (SSSR count). The van der Waals surface area contributed by atoms with Crippen molar-refractivity contribution in [1.29, 1.82) is 0 Å². The van der Waals surface area contributed by atoms with Gasteiger partial charge in [0.2, 0.25) is 0 Å². The van der Waals surface area contributed by atoms with Gasteiger partial charge in [-0.2, -0.15) is 0 Å². The van der Waals surface area contributed by atoms with Gasteiger partial charge in [0, 0.05) is 0 Å². The normalized spacial score (nSPS) is 8.00. The average Bonchev–Trinajstić information content (AvgIpc) is 1.59. The van der Waals surface area contributed by atoms with Gasteiger partial charge in [-0.15, -0.1) is 5.54 Å². The second kappa shape index (κ2) is 9.63. The summed E-state index contributed by atoms with van der Waals surface area (Å²) in [4.78, 5) is 18.2. The van der Waals surface area contributed by atoms with Crippen LogP contribution in [-0.4, -0.2) is 27.7 Å². The molecule has 0 bridgehead atoms. The van der Waals surface area contributed by atoms with Crippen LogP contribution in [0.1, 0.15) is 20.8 Å². The molecule has 0 radical (unpaired) electrons. The molecule has 0 fully saturated rings. The van der Waals surface area contributed by atoms with E-state index in [2.05, 4.69) is 0 Å². The molecule has 82 valence electrons. The smallest absolute Gasteiger partial charge is 0.693 e. The third kappa shape index (κ3) is 83.6. The van der Waals surface area contributed by atoms with Gasteiger partial charge >= 0.3 is 33.0 Å². The van der Waals surface area contributed by atoms with Crippen molar-refractivity contribution in [2.45, 2.75) is 26.3 Å². The van der Waals surface area contributed by atoms with Gasteiger partial charge in [0.25, 0.3) is 0 Å². The molecule has 0 aliphatic heterocycles. The fourth-order valence-corrected chi connectivity index (χ4v) is 0. The zero-order valence-corrected chi connectivity index (χ0v) is 9.88. The summed E-state index contributed by atoms with van der Waals surface area (Å²) >= 11 is 0. The Morgan fingerprint density at radius 2 is 1.15 bits per heavy atom. The Labute approximate surface area is 91.3 Å². The predicted octanol–water partition coefficient (Wildman–Crippen LogP) is 1.71. The maximum Gasteiger partial charge on any atom is 2.00 e. The summed E-state index contributed by atoms with van der Waals surface area (Å²) in [6, 6.07) is 0. The van der Waals surface area contributed by atoms with Crippen molar-refractivity contribution in [3.05, 3.63) is 11.9 Å². The number of hydrogen-bond donors (Lipinski definition) is 2. The van der Waals surface area contributed by atoms with Crippen molar-refractivity contribution in [3.8, 4) is 0 Å². The van der Waals surface area contributed by atoms with Crippen LogP contribution in [0.4, 0.5) is 0 Å². The summed E-state index contributed by atoms with van der Waals surface area (Å²) in [6.45, 7) is 5.56. The monoisotopic (exact) mass is 373 g/mol. The molecule has 0 spiro atoms. The van der Waals surface area contributed by atoms with E-state index < -0.39 is 11.9 Å². The Balaban J connectivity index is -0.0000000546. The van der Waals surface area contributed by atoms with Crippen LogP contribution in [0, 0.1) is 0 Å². The molecule has 7 heteroatoms. The van der Waals surface area contributed by atoms with Gasteiger partial charge in [0.05, 0.1) is 0 Å². The quantitative estimate of drug-likeness (QED) is 0.626. The van der Waals surface area contributed by atoms with Crippen molar-refractivity contribution in [1.82, 2.24) is 0 Å². The van der Waals surface area contributed by atoms with Gasteiger partial charge in [-0.25, -0.2) is 9.59 Å². The molecular formula is C6H14N2O4Pt. The largest absolute Gasteiger partial charge is 2.00 e. The van der Waals surface area contributed by atoms with E-state index in [4.69, 9.17) is 25.5 Å². The summed E-state index contributed by atoms with van der Waals surface area (Å²) in [5, 5.41) is 14.8. The molecule has 0 saturated carbocycles. The van der Waals surface area contributed by atoms with Crippen molar-refractivity contribution < 1.29 is 40.9 Å². The Morgan fingerprint density at radius 3 is 1.15 bits per heavy atom. The fourth-order valence-electron chi connectivity index (χ4n) is 0. The summed E-state index contributed by atoms with van der Waals surface area (Å²) in [5.41, 5.74) is 6.69. The van der Waals surface area contributed by atoms with Crippen molar-refractivity contribution in [3.63, 3.8) is 0 Å². The number of carboxylic acid groups (broad SMARTS) is 2. The number of hydrogen-bond acceptors (Lipinski definition) is 2. The van der Waals surface area contributed by atoms with Crippen molar-refractivity contribution in [2.24, 2.45) is 0 Å². The van der Waals surface area contributed by atoms with Gasteiger partial charge in [-0.05, 0) is 0 Å². The number of carbonyl (C=O) groups is 2. The van der Waals surface area contributed by atoms with Crippen LogP contribution in [-0.2, 0) is 30.7 Å². The van der Waals surface area contributed by atoms with E-state index in [-0.39, 0.29) is 32.8 Å². The molecule has 5 N–H and O–H groups in total. The zero-order valence-electron chi connectivity index (χ0n) is 7.60. The molecule has 13 heavy (non-hydrogen) atoms. The number of aliphatic carboxylic acids is 2. The minimum atomic E-state index is -1.82. The van der Waals surface area contributed by atoms with Crippen molar-refractivity contribution in [2.75, 3.05) is 0 Å². The molecule has 0 amide bonds. The Morgan fingerprint density at radius 1 is 1.08 bits per heavy atom. The Hall–Kier alpha value is -0.452. The number of carboxylic acids is 2. The number of nitrogens with one attached hydrogen (secondary N) is 1. The predicted molar refractivity (Wildman–Crippen MR) is 44.6 cm³/mol. The number of rotatable bonds is 0. The Kier molecular flexibility index (Phi) is 17.0. The minimum Gasteiger partial charge on any atom is -0.693 e. The molecule has 0 unspecified atom stereocenters. The second-order valence-corrected chi connectivity index (χ2v) is 2.86. The molecule has 0 aliphatic rings. The molecule has 0 atom stereocenters. The summed E-state index contributed by atoms with van der Waals surface area (Å²) in [7, 11) is 0. The van der Waals surface area contributed by atoms with Crippen LogP contribution >= 0.6 is 0 Å². The fraction of sp³-hybridized carbons (Fsp3) is 0.667. The topological polar surface area (TPSA) is 132 Å². The molecule has 0 heterocycles. The van der Waals surface area contributed by atoms with Crippen molar-refractivity contribution >= 4 is 11.9 Å². The van der Waals surface area contributed by atoms with E-state index in [1.165, 1.54) is 0 Å². The summed E-state index contributed by atoms with van der Waals surface area (Å²) < 4.78 is 0. The first-order chi connectivity index (χ1) is 4.64. The summed E-state index contributed by atoms with van der Waals surface area (Å²) in [6.07, 6.45) is 0. The Bertz CT molecular complexity index is 137. The minimum absolute atomic E-state index is 0. The van der Waals surface area contributed by atoms with Crippen LogP contribution in [0.2, 0.25) is 0 Å². The molecule has 6 nitrogen and oxygen atoms in total. The molecule has 0 aromatic carbocycles. The first-order valence-corrected chi connectivity index (χ1v) is 2.86. The number of nitrogens with two attached hydrogens (primary N) is 1. The maximum atomic E-state index is 9.10. The maximum absolute atomic E-state index is 9.10. The van der Waals surface area contributed by atoms with E-state index in [0.29, 0.717) is 0 Å².